The molecular formula is C12H15ClN2O3. The van der Waals surface area contributed by atoms with E-state index in [4.69, 9.17) is 16.0 Å². The predicted molar refractivity (Wildman–Crippen MR) is 66.5 cm³/mol. The number of rotatable bonds is 3. The summed E-state index contributed by atoms with van der Waals surface area (Å²) < 4.78 is 5.07. The van der Waals surface area contributed by atoms with Crippen LogP contribution in [-0.4, -0.2) is 53.7 Å². The summed E-state index contributed by atoms with van der Waals surface area (Å²) in [7, 11) is 0. The van der Waals surface area contributed by atoms with E-state index in [9.17, 15) is 9.59 Å². The molecule has 0 N–H and O–H groups in total. The van der Waals surface area contributed by atoms with E-state index in [0.29, 0.717) is 44.2 Å². The molecule has 0 radical (unpaired) electrons. The van der Waals surface area contributed by atoms with Gasteiger partial charge in [0.25, 0.3) is 5.91 Å². The fourth-order valence-corrected chi connectivity index (χ4v) is 2.12. The van der Waals surface area contributed by atoms with Gasteiger partial charge in [0.15, 0.2) is 5.76 Å². The second-order valence-electron chi connectivity index (χ2n) is 4.09. The maximum atomic E-state index is 12.0. The molecule has 2 heterocycles. The van der Waals surface area contributed by atoms with E-state index in [0.717, 1.165) is 0 Å². The molecule has 6 heteroatoms. The van der Waals surface area contributed by atoms with Gasteiger partial charge < -0.3 is 14.2 Å². The van der Waals surface area contributed by atoms with E-state index in [1.165, 1.54) is 6.26 Å². The Balaban J connectivity index is 1.87. The van der Waals surface area contributed by atoms with Crippen LogP contribution in [0.15, 0.2) is 22.8 Å². The average Bonchev–Trinajstić information content (AvgIpc) is 2.92. The third-order valence-corrected chi connectivity index (χ3v) is 3.15. The molecule has 0 unspecified atom stereocenters. The zero-order valence-corrected chi connectivity index (χ0v) is 10.7. The van der Waals surface area contributed by atoms with Gasteiger partial charge in [-0.15, -0.1) is 11.6 Å². The summed E-state index contributed by atoms with van der Waals surface area (Å²) >= 11 is 5.54. The summed E-state index contributed by atoms with van der Waals surface area (Å²) in [4.78, 5) is 27.0. The molecule has 0 saturated carbocycles. The van der Waals surface area contributed by atoms with Crippen molar-refractivity contribution < 1.29 is 14.0 Å². The molecule has 5 nitrogen and oxygen atoms in total. The standard InChI is InChI=1S/C12H15ClN2O3/c13-4-3-11(16)14-5-7-15(8-6-14)12(17)10-2-1-9-18-10/h1-2,9H,3-8H2. The van der Waals surface area contributed by atoms with Gasteiger partial charge >= 0.3 is 0 Å². The van der Waals surface area contributed by atoms with Crippen LogP contribution in [0.25, 0.3) is 0 Å². The number of amides is 2. The normalized spacial score (nSPS) is 15.8. The molecule has 0 atom stereocenters. The van der Waals surface area contributed by atoms with E-state index in [-0.39, 0.29) is 11.8 Å². The van der Waals surface area contributed by atoms with Crippen LogP contribution in [0.4, 0.5) is 0 Å². The minimum Gasteiger partial charge on any atom is -0.459 e. The highest BCUT2D eigenvalue weighted by Crippen LogP contribution is 2.10. The maximum absolute atomic E-state index is 12.0. The van der Waals surface area contributed by atoms with E-state index in [2.05, 4.69) is 0 Å². The van der Waals surface area contributed by atoms with E-state index >= 15 is 0 Å². The second-order valence-corrected chi connectivity index (χ2v) is 4.47. The largest absolute Gasteiger partial charge is 0.459 e. The number of alkyl halides is 1. The number of carbonyl (C=O) groups is 2. The van der Waals surface area contributed by atoms with Gasteiger partial charge in [0.05, 0.1) is 6.26 Å². The van der Waals surface area contributed by atoms with E-state index in [1.54, 1.807) is 21.9 Å². The summed E-state index contributed by atoms with van der Waals surface area (Å²) in [5.74, 6) is 0.611. The first-order chi connectivity index (χ1) is 8.72. The quantitative estimate of drug-likeness (QED) is 0.776. The Morgan fingerprint density at radius 3 is 2.44 bits per heavy atom. The number of carbonyl (C=O) groups excluding carboxylic acids is 2. The molecule has 0 spiro atoms. The van der Waals surface area contributed by atoms with Gasteiger partial charge in [-0.1, -0.05) is 0 Å². The molecule has 1 aromatic rings. The third-order valence-electron chi connectivity index (χ3n) is 2.96. The van der Waals surface area contributed by atoms with Crippen molar-refractivity contribution in [3.63, 3.8) is 0 Å². The molecule has 1 aromatic heterocycles. The monoisotopic (exact) mass is 270 g/mol. The fourth-order valence-electron chi connectivity index (χ4n) is 1.95. The van der Waals surface area contributed by atoms with Crippen LogP contribution in [0.1, 0.15) is 17.0 Å². The molecule has 0 aliphatic carbocycles. The average molecular weight is 271 g/mol. The van der Waals surface area contributed by atoms with Crippen molar-refractivity contribution in [1.82, 2.24) is 9.80 Å². The zero-order chi connectivity index (χ0) is 13.0. The van der Waals surface area contributed by atoms with Crippen molar-refractivity contribution in [1.29, 1.82) is 0 Å². The SMILES string of the molecule is O=C(CCCl)N1CCN(C(=O)c2ccco2)CC1. The lowest BCUT2D eigenvalue weighted by molar-refractivity contribution is -0.132. The third kappa shape index (κ3) is 2.85. The Labute approximate surface area is 110 Å². The Kier molecular flexibility index (Phi) is 4.25. The minimum atomic E-state index is -0.121. The van der Waals surface area contributed by atoms with E-state index < -0.39 is 0 Å². The lowest BCUT2D eigenvalue weighted by atomic mass is 10.2. The number of nitrogens with zero attached hydrogens (tertiary/aromatic N) is 2. The summed E-state index contributed by atoms with van der Waals surface area (Å²) in [5, 5.41) is 0. The maximum Gasteiger partial charge on any atom is 0.289 e. The highest BCUT2D eigenvalue weighted by atomic mass is 35.5. The smallest absolute Gasteiger partial charge is 0.289 e. The highest BCUT2D eigenvalue weighted by Gasteiger charge is 2.25. The molecule has 1 aliphatic rings. The molecule has 1 saturated heterocycles. The fraction of sp³-hybridized carbons (Fsp3) is 0.500. The highest BCUT2D eigenvalue weighted by molar-refractivity contribution is 6.18. The van der Waals surface area contributed by atoms with Crippen molar-refractivity contribution >= 4 is 23.4 Å². The minimum absolute atomic E-state index is 0.0510. The second kappa shape index (κ2) is 5.91. The summed E-state index contributed by atoms with van der Waals surface area (Å²) in [6.45, 7) is 2.19. The molecule has 2 amide bonds. The Morgan fingerprint density at radius 1 is 1.22 bits per heavy atom. The topological polar surface area (TPSA) is 53.8 Å². The van der Waals surface area contributed by atoms with Crippen LogP contribution >= 0.6 is 11.6 Å². The van der Waals surface area contributed by atoms with Crippen molar-refractivity contribution in [3.05, 3.63) is 24.2 Å². The molecule has 0 aromatic carbocycles. The van der Waals surface area contributed by atoms with Crippen LogP contribution in [-0.2, 0) is 4.79 Å². The van der Waals surface area contributed by atoms with Crippen molar-refractivity contribution in [2.75, 3.05) is 32.1 Å². The first-order valence-electron chi connectivity index (χ1n) is 5.89. The van der Waals surface area contributed by atoms with Gasteiger partial charge in [-0.3, -0.25) is 9.59 Å². The van der Waals surface area contributed by atoms with E-state index in [1.807, 2.05) is 0 Å². The number of hydrogen-bond donors (Lipinski definition) is 0. The summed E-state index contributed by atoms with van der Waals surface area (Å²) in [6.07, 6.45) is 1.83. The summed E-state index contributed by atoms with van der Waals surface area (Å²) in [5.41, 5.74) is 0. The molecule has 98 valence electrons. The number of halogens is 1. The zero-order valence-electron chi connectivity index (χ0n) is 9.97. The Hall–Kier alpha value is -1.49. The summed E-state index contributed by atoms with van der Waals surface area (Å²) in [6, 6.07) is 3.33. The lowest BCUT2D eigenvalue weighted by Gasteiger charge is -2.34. The molecule has 2 rings (SSSR count). The van der Waals surface area contributed by atoms with Gasteiger partial charge in [-0.05, 0) is 12.1 Å². The lowest BCUT2D eigenvalue weighted by Crippen LogP contribution is -2.50. The first-order valence-corrected chi connectivity index (χ1v) is 6.42. The van der Waals surface area contributed by atoms with Gasteiger partial charge in [0.1, 0.15) is 0 Å². The van der Waals surface area contributed by atoms with Crippen LogP contribution in [0.5, 0.6) is 0 Å². The number of hydrogen-bond acceptors (Lipinski definition) is 3. The molecule has 0 bridgehead atoms. The Morgan fingerprint density at radius 2 is 1.89 bits per heavy atom. The van der Waals surface area contributed by atoms with Gasteiger partial charge in [0, 0.05) is 38.5 Å². The van der Waals surface area contributed by atoms with Gasteiger partial charge in [0.2, 0.25) is 5.91 Å². The number of furan rings is 1. The van der Waals surface area contributed by atoms with Crippen LogP contribution in [0.3, 0.4) is 0 Å². The van der Waals surface area contributed by atoms with Crippen LogP contribution in [0, 0.1) is 0 Å². The Bertz CT molecular complexity index is 411. The number of piperazine rings is 1. The molecular weight excluding hydrogens is 256 g/mol. The van der Waals surface area contributed by atoms with Crippen molar-refractivity contribution in [2.24, 2.45) is 0 Å². The first kappa shape index (κ1) is 13.0. The molecule has 1 aliphatic heterocycles. The van der Waals surface area contributed by atoms with Crippen LogP contribution < -0.4 is 0 Å². The van der Waals surface area contributed by atoms with Crippen molar-refractivity contribution in [3.8, 4) is 0 Å². The molecule has 18 heavy (non-hydrogen) atoms. The molecule has 1 fully saturated rings. The van der Waals surface area contributed by atoms with Gasteiger partial charge in [-0.25, -0.2) is 0 Å². The predicted octanol–water partition coefficient (Wildman–Crippen LogP) is 1.19. The van der Waals surface area contributed by atoms with Crippen LogP contribution in [0.2, 0.25) is 0 Å². The van der Waals surface area contributed by atoms with Gasteiger partial charge in [-0.2, -0.15) is 0 Å². The van der Waals surface area contributed by atoms with Crippen molar-refractivity contribution in [2.45, 2.75) is 6.42 Å².